The van der Waals surface area contributed by atoms with Crippen LogP contribution in [0.15, 0.2) is 29.6 Å². The summed E-state index contributed by atoms with van der Waals surface area (Å²) in [5.41, 5.74) is 1.04. The molecule has 6 nitrogen and oxygen atoms in total. The minimum atomic E-state index is -0.950. The summed E-state index contributed by atoms with van der Waals surface area (Å²) in [5.74, 6) is -1.25. The molecule has 1 fully saturated rings. The van der Waals surface area contributed by atoms with Gasteiger partial charge in [-0.3, -0.25) is 9.20 Å². The number of likely N-dealkylation sites (tertiary alicyclic amines) is 1. The van der Waals surface area contributed by atoms with Crippen LogP contribution >= 0.6 is 11.8 Å². The topological polar surface area (TPSA) is 74.9 Å². The molecule has 3 rings (SSSR count). The zero-order valence-corrected chi connectivity index (χ0v) is 12.3. The van der Waals surface area contributed by atoms with Crippen LogP contribution < -0.4 is 0 Å². The molecule has 2 aromatic heterocycles. The van der Waals surface area contributed by atoms with Gasteiger partial charge in [0.2, 0.25) is 0 Å². The van der Waals surface area contributed by atoms with E-state index in [0.29, 0.717) is 30.6 Å². The summed E-state index contributed by atoms with van der Waals surface area (Å²) in [4.78, 5) is 29.7. The molecule has 1 saturated heterocycles. The predicted octanol–water partition coefficient (Wildman–Crippen LogP) is 1.75. The van der Waals surface area contributed by atoms with Gasteiger partial charge in [-0.15, -0.1) is 0 Å². The summed E-state index contributed by atoms with van der Waals surface area (Å²) in [6.07, 6.45) is 4.96. The number of carboxylic acid groups (broad SMARTS) is 1. The molecule has 0 bridgehead atoms. The summed E-state index contributed by atoms with van der Waals surface area (Å²) in [6.45, 7) is 0.469. The highest BCUT2D eigenvalue weighted by atomic mass is 32.2. The number of imidazole rings is 1. The van der Waals surface area contributed by atoms with Crippen molar-refractivity contribution >= 4 is 29.2 Å². The molecule has 21 heavy (non-hydrogen) atoms. The number of hydrogen-bond acceptors (Lipinski definition) is 4. The molecular weight excluding hydrogens is 290 g/mol. The molecule has 0 radical (unpaired) electrons. The minimum Gasteiger partial charge on any atom is -0.480 e. The van der Waals surface area contributed by atoms with Crippen molar-refractivity contribution in [1.82, 2.24) is 14.3 Å². The molecule has 1 unspecified atom stereocenters. The van der Waals surface area contributed by atoms with Crippen LogP contribution in [0.5, 0.6) is 0 Å². The minimum absolute atomic E-state index is 0.302. The van der Waals surface area contributed by atoms with Gasteiger partial charge in [0.15, 0.2) is 10.9 Å². The van der Waals surface area contributed by atoms with Crippen LogP contribution in [0.4, 0.5) is 0 Å². The van der Waals surface area contributed by atoms with Gasteiger partial charge in [-0.1, -0.05) is 17.8 Å². The third kappa shape index (κ3) is 2.27. The number of pyridine rings is 1. The molecule has 1 atom stereocenters. The van der Waals surface area contributed by atoms with Crippen LogP contribution in [-0.4, -0.2) is 50.1 Å². The van der Waals surface area contributed by atoms with E-state index in [9.17, 15) is 14.7 Å². The maximum atomic E-state index is 12.7. The number of nitrogens with zero attached hydrogens (tertiary/aromatic N) is 3. The number of hydrogen-bond donors (Lipinski definition) is 1. The SMILES string of the molecule is CSc1nc(C(=O)N2CCCC2C(=O)O)c2ccccn12. The molecule has 2 aromatic rings. The van der Waals surface area contributed by atoms with Crippen molar-refractivity contribution in [1.29, 1.82) is 0 Å². The lowest BCUT2D eigenvalue weighted by molar-refractivity contribution is -0.141. The molecule has 3 heterocycles. The lowest BCUT2D eigenvalue weighted by atomic mass is 10.2. The quantitative estimate of drug-likeness (QED) is 0.874. The molecule has 1 amide bonds. The first-order valence-corrected chi connectivity index (χ1v) is 7.91. The number of carboxylic acids is 1. The Balaban J connectivity index is 2.04. The molecule has 0 aromatic carbocycles. The fraction of sp³-hybridized carbons (Fsp3) is 0.357. The van der Waals surface area contributed by atoms with Crippen LogP contribution in [0, 0.1) is 0 Å². The second kappa shape index (κ2) is 5.40. The van der Waals surface area contributed by atoms with Crippen LogP contribution in [-0.2, 0) is 4.79 Å². The normalized spacial score (nSPS) is 18.3. The average Bonchev–Trinajstić information content (AvgIpc) is 3.11. The first-order chi connectivity index (χ1) is 10.1. The molecule has 1 aliphatic heterocycles. The van der Waals surface area contributed by atoms with Crippen molar-refractivity contribution in [2.45, 2.75) is 24.0 Å². The largest absolute Gasteiger partial charge is 0.480 e. The average molecular weight is 305 g/mol. The van der Waals surface area contributed by atoms with E-state index in [-0.39, 0.29) is 5.91 Å². The number of carbonyl (C=O) groups is 2. The summed E-state index contributed by atoms with van der Waals surface area (Å²) in [7, 11) is 0. The highest BCUT2D eigenvalue weighted by Gasteiger charge is 2.36. The Morgan fingerprint density at radius 2 is 2.24 bits per heavy atom. The Kier molecular flexibility index (Phi) is 3.59. The van der Waals surface area contributed by atoms with Crippen LogP contribution in [0.3, 0.4) is 0 Å². The van der Waals surface area contributed by atoms with Gasteiger partial charge in [0.25, 0.3) is 5.91 Å². The summed E-state index contributed by atoms with van der Waals surface area (Å²) in [6, 6.07) is 4.80. The molecule has 0 spiro atoms. The number of aromatic nitrogens is 2. The van der Waals surface area contributed by atoms with E-state index in [1.807, 2.05) is 35.1 Å². The van der Waals surface area contributed by atoms with Crippen molar-refractivity contribution in [2.75, 3.05) is 12.8 Å². The van der Waals surface area contributed by atoms with E-state index in [1.165, 1.54) is 16.7 Å². The number of thioether (sulfide) groups is 1. The maximum Gasteiger partial charge on any atom is 0.326 e. The number of carbonyl (C=O) groups excluding carboxylic acids is 1. The first-order valence-electron chi connectivity index (χ1n) is 6.68. The molecule has 0 aliphatic carbocycles. The van der Waals surface area contributed by atoms with Crippen LogP contribution in [0.1, 0.15) is 23.3 Å². The predicted molar refractivity (Wildman–Crippen MR) is 78.7 cm³/mol. The number of amides is 1. The smallest absolute Gasteiger partial charge is 0.326 e. The second-order valence-electron chi connectivity index (χ2n) is 4.90. The lowest BCUT2D eigenvalue weighted by Gasteiger charge is -2.20. The number of aliphatic carboxylic acids is 1. The Labute approximate surface area is 125 Å². The van der Waals surface area contributed by atoms with E-state index in [4.69, 9.17) is 0 Å². The van der Waals surface area contributed by atoms with E-state index >= 15 is 0 Å². The van der Waals surface area contributed by atoms with Crippen molar-refractivity contribution in [3.63, 3.8) is 0 Å². The Morgan fingerprint density at radius 3 is 2.95 bits per heavy atom. The van der Waals surface area contributed by atoms with Gasteiger partial charge in [0.1, 0.15) is 6.04 Å². The van der Waals surface area contributed by atoms with Gasteiger partial charge < -0.3 is 10.0 Å². The van der Waals surface area contributed by atoms with Crippen molar-refractivity contribution in [2.24, 2.45) is 0 Å². The van der Waals surface area contributed by atoms with Gasteiger partial charge >= 0.3 is 5.97 Å². The van der Waals surface area contributed by atoms with Gasteiger partial charge in [-0.2, -0.15) is 0 Å². The monoisotopic (exact) mass is 305 g/mol. The van der Waals surface area contributed by atoms with Crippen molar-refractivity contribution in [3.05, 3.63) is 30.1 Å². The van der Waals surface area contributed by atoms with E-state index in [0.717, 1.165) is 5.16 Å². The zero-order valence-electron chi connectivity index (χ0n) is 11.5. The first kappa shape index (κ1) is 13.9. The van der Waals surface area contributed by atoms with Gasteiger partial charge in [0.05, 0.1) is 5.52 Å². The highest BCUT2D eigenvalue weighted by Crippen LogP contribution is 2.25. The van der Waals surface area contributed by atoms with Crippen molar-refractivity contribution < 1.29 is 14.7 Å². The summed E-state index contributed by atoms with van der Waals surface area (Å²) in [5, 5.41) is 9.94. The van der Waals surface area contributed by atoms with Gasteiger partial charge in [0, 0.05) is 12.7 Å². The maximum absolute atomic E-state index is 12.7. The van der Waals surface area contributed by atoms with Crippen LogP contribution in [0.25, 0.3) is 5.52 Å². The molecule has 1 aliphatic rings. The fourth-order valence-corrected chi connectivity index (χ4v) is 3.25. The summed E-state index contributed by atoms with van der Waals surface area (Å²) >= 11 is 1.45. The molecule has 110 valence electrons. The number of rotatable bonds is 3. The molecule has 1 N–H and O–H groups in total. The van der Waals surface area contributed by atoms with Gasteiger partial charge in [-0.25, -0.2) is 9.78 Å². The van der Waals surface area contributed by atoms with Gasteiger partial charge in [-0.05, 0) is 31.2 Å². The lowest BCUT2D eigenvalue weighted by Crippen LogP contribution is -2.40. The molecule has 0 saturated carbocycles. The Bertz CT molecular complexity index is 713. The van der Waals surface area contributed by atoms with E-state index < -0.39 is 12.0 Å². The van der Waals surface area contributed by atoms with Crippen LogP contribution in [0.2, 0.25) is 0 Å². The molecular formula is C14H15N3O3S. The van der Waals surface area contributed by atoms with E-state index in [1.54, 1.807) is 0 Å². The standard InChI is InChI=1S/C14H15N3O3S/c1-21-14-15-11(9-5-2-3-7-17(9)14)12(18)16-8-4-6-10(16)13(19)20/h2-3,5,7,10H,4,6,8H2,1H3,(H,19,20). The third-order valence-electron chi connectivity index (χ3n) is 3.70. The fourth-order valence-electron chi connectivity index (χ4n) is 2.71. The third-order valence-corrected chi connectivity index (χ3v) is 4.35. The Morgan fingerprint density at radius 1 is 1.43 bits per heavy atom. The zero-order chi connectivity index (χ0) is 15.0. The Hall–Kier alpha value is -2.02. The second-order valence-corrected chi connectivity index (χ2v) is 5.67. The molecule has 7 heteroatoms. The summed E-state index contributed by atoms with van der Waals surface area (Å²) < 4.78 is 1.85. The van der Waals surface area contributed by atoms with E-state index in [2.05, 4.69) is 4.98 Å². The van der Waals surface area contributed by atoms with Crippen molar-refractivity contribution in [3.8, 4) is 0 Å². The highest BCUT2D eigenvalue weighted by molar-refractivity contribution is 7.98. The number of fused-ring (bicyclic) bond motifs is 1.